The van der Waals surface area contributed by atoms with Gasteiger partial charge in [0.1, 0.15) is 11.8 Å². The molecule has 1 saturated heterocycles. The minimum Gasteiger partial charge on any atom is -0.359 e. The van der Waals surface area contributed by atoms with Gasteiger partial charge in [-0.05, 0) is 36.1 Å². The minimum atomic E-state index is -0.546. The van der Waals surface area contributed by atoms with Crippen molar-refractivity contribution in [3.05, 3.63) is 39.8 Å². The van der Waals surface area contributed by atoms with Gasteiger partial charge in [0, 0.05) is 10.6 Å². The van der Waals surface area contributed by atoms with Gasteiger partial charge in [0.05, 0.1) is 6.61 Å². The largest absolute Gasteiger partial charge is 0.359 e. The number of fused-ring (bicyclic) bond motifs is 3. The summed E-state index contributed by atoms with van der Waals surface area (Å²) in [5, 5.41) is 7.29. The van der Waals surface area contributed by atoms with E-state index in [0.29, 0.717) is 6.61 Å². The van der Waals surface area contributed by atoms with Crippen molar-refractivity contribution in [1.29, 1.82) is 0 Å². The van der Waals surface area contributed by atoms with E-state index in [1.807, 2.05) is 25.1 Å². The molecule has 0 saturated carbocycles. The topological polar surface area (TPSA) is 70.0 Å². The molecule has 0 unspecified atom stereocenters. The molecule has 0 spiro atoms. The fourth-order valence-corrected chi connectivity index (χ4v) is 2.75. The third-order valence-electron chi connectivity index (χ3n) is 3.42. The first-order valence-electron chi connectivity index (χ1n) is 5.32. The Labute approximate surface area is 93.0 Å². The van der Waals surface area contributed by atoms with Gasteiger partial charge >= 0.3 is 0 Å². The predicted molar refractivity (Wildman–Crippen MR) is 60.0 cm³/mol. The van der Waals surface area contributed by atoms with Gasteiger partial charge in [0.2, 0.25) is 0 Å². The molecule has 5 heteroatoms. The molecule has 3 rings (SSSR count). The van der Waals surface area contributed by atoms with E-state index in [2.05, 4.69) is 15.3 Å². The van der Waals surface area contributed by atoms with Gasteiger partial charge in [-0.2, -0.15) is 0 Å². The van der Waals surface area contributed by atoms with E-state index in [9.17, 15) is 0 Å². The number of anilines is 1. The number of hydrogen-bond acceptors (Lipinski definition) is 3. The van der Waals surface area contributed by atoms with Crippen LogP contribution in [-0.4, -0.2) is 12.8 Å². The number of ether oxygens (including phenoxy) is 1. The van der Waals surface area contributed by atoms with Crippen LogP contribution in [0, 0.1) is 6.92 Å². The molecule has 2 atom stereocenters. The molecular formula is C11H12N4O. The second kappa shape index (κ2) is 3.14. The molecule has 82 valence electrons. The van der Waals surface area contributed by atoms with E-state index in [4.69, 9.17) is 10.3 Å². The van der Waals surface area contributed by atoms with Crippen molar-refractivity contribution in [2.75, 3.05) is 11.9 Å². The molecule has 0 radical (unpaired) electrons. The summed E-state index contributed by atoms with van der Waals surface area (Å²) >= 11 is 0. The number of nitrogens with one attached hydrogen (secondary N) is 1. The van der Waals surface area contributed by atoms with Crippen molar-refractivity contribution in [3.63, 3.8) is 0 Å². The van der Waals surface area contributed by atoms with Crippen LogP contribution in [0.4, 0.5) is 5.69 Å². The molecule has 0 bridgehead atoms. The highest BCUT2D eigenvalue weighted by Crippen LogP contribution is 2.49. The highest BCUT2D eigenvalue weighted by molar-refractivity contribution is 5.64. The molecule has 0 amide bonds. The predicted octanol–water partition coefficient (Wildman–Crippen LogP) is 2.67. The number of nitrogens with zero attached hydrogens (tertiary/aromatic N) is 3. The summed E-state index contributed by atoms with van der Waals surface area (Å²) < 4.78 is 5.59. The molecule has 2 aliphatic heterocycles. The Balaban J connectivity index is 2.26. The normalized spacial score (nSPS) is 30.2. The van der Waals surface area contributed by atoms with Gasteiger partial charge in [0.25, 0.3) is 0 Å². The average Bonchev–Trinajstić information content (AvgIpc) is 2.74. The first-order chi connectivity index (χ1) is 7.78. The van der Waals surface area contributed by atoms with Crippen LogP contribution in [0.15, 0.2) is 23.3 Å². The van der Waals surface area contributed by atoms with Crippen molar-refractivity contribution in [1.82, 2.24) is 0 Å². The van der Waals surface area contributed by atoms with Gasteiger partial charge in [-0.1, -0.05) is 17.2 Å². The molecule has 0 aliphatic carbocycles. The fourth-order valence-electron chi connectivity index (χ4n) is 2.75. The highest BCUT2D eigenvalue weighted by atomic mass is 16.5. The zero-order chi connectivity index (χ0) is 11.2. The molecule has 2 aliphatic rings. The van der Waals surface area contributed by atoms with Gasteiger partial charge in [-0.15, -0.1) is 0 Å². The zero-order valence-electron chi connectivity index (χ0n) is 8.97. The average molecular weight is 216 g/mol. The summed E-state index contributed by atoms with van der Waals surface area (Å²) in [6, 6.07) is 6.03. The summed E-state index contributed by atoms with van der Waals surface area (Å²) in [6.07, 6.45) is 0.534. The lowest BCUT2D eigenvalue weighted by Gasteiger charge is -2.22. The van der Waals surface area contributed by atoms with E-state index in [1.165, 1.54) is 0 Å². The van der Waals surface area contributed by atoms with Crippen LogP contribution in [0.5, 0.6) is 0 Å². The molecule has 16 heavy (non-hydrogen) atoms. The van der Waals surface area contributed by atoms with Crippen LogP contribution >= 0.6 is 0 Å². The van der Waals surface area contributed by atoms with E-state index in [0.717, 1.165) is 23.2 Å². The Kier molecular flexibility index (Phi) is 1.87. The third kappa shape index (κ3) is 1.01. The first-order valence-corrected chi connectivity index (χ1v) is 5.32. The number of benzene rings is 1. The molecule has 1 aromatic carbocycles. The molecular weight excluding hydrogens is 204 g/mol. The van der Waals surface area contributed by atoms with Crippen molar-refractivity contribution in [2.24, 2.45) is 5.11 Å². The Hall–Kier alpha value is -1.71. The van der Waals surface area contributed by atoms with Crippen LogP contribution in [0.3, 0.4) is 0 Å². The van der Waals surface area contributed by atoms with E-state index in [1.54, 1.807) is 0 Å². The van der Waals surface area contributed by atoms with Crippen molar-refractivity contribution in [3.8, 4) is 0 Å². The van der Waals surface area contributed by atoms with Gasteiger partial charge in [-0.3, -0.25) is 0 Å². The van der Waals surface area contributed by atoms with Crippen molar-refractivity contribution >= 4 is 5.69 Å². The SMILES string of the molecule is Cc1cccc2c1[C@]1(N=[N+]=[N-])CCO[C@@H]1N2. The molecule has 0 aromatic heterocycles. The summed E-state index contributed by atoms with van der Waals surface area (Å²) in [5.74, 6) is 0. The summed E-state index contributed by atoms with van der Waals surface area (Å²) in [6.45, 7) is 2.67. The van der Waals surface area contributed by atoms with Crippen LogP contribution in [-0.2, 0) is 10.3 Å². The van der Waals surface area contributed by atoms with Crippen molar-refractivity contribution in [2.45, 2.75) is 25.1 Å². The quantitative estimate of drug-likeness (QED) is 0.445. The zero-order valence-corrected chi connectivity index (χ0v) is 8.97. The van der Waals surface area contributed by atoms with Crippen LogP contribution in [0.25, 0.3) is 10.4 Å². The fraction of sp³-hybridized carbons (Fsp3) is 0.455. The number of aryl methyl sites for hydroxylation is 1. The maximum absolute atomic E-state index is 8.76. The van der Waals surface area contributed by atoms with E-state index >= 15 is 0 Å². The van der Waals surface area contributed by atoms with Gasteiger partial charge in [0.15, 0.2) is 0 Å². The smallest absolute Gasteiger partial charge is 0.143 e. The lowest BCUT2D eigenvalue weighted by Crippen LogP contribution is -2.32. The Morgan fingerprint density at radius 1 is 1.62 bits per heavy atom. The minimum absolute atomic E-state index is 0.209. The standard InChI is InChI=1S/C11H12N4O/c1-7-3-2-4-8-9(7)11(14-15-12)5-6-16-10(11)13-8/h2-4,10,13H,5-6H2,1H3/t10-,11+/m0/s1. The lowest BCUT2D eigenvalue weighted by molar-refractivity contribution is 0.109. The Morgan fingerprint density at radius 2 is 2.50 bits per heavy atom. The van der Waals surface area contributed by atoms with Gasteiger partial charge < -0.3 is 10.1 Å². The number of azide groups is 1. The molecule has 5 nitrogen and oxygen atoms in total. The van der Waals surface area contributed by atoms with Crippen LogP contribution in [0.1, 0.15) is 17.5 Å². The Morgan fingerprint density at radius 3 is 3.31 bits per heavy atom. The maximum Gasteiger partial charge on any atom is 0.143 e. The molecule has 1 N–H and O–H groups in total. The maximum atomic E-state index is 8.76. The second-order valence-electron chi connectivity index (χ2n) is 4.26. The monoisotopic (exact) mass is 216 g/mol. The van der Waals surface area contributed by atoms with Gasteiger partial charge in [-0.25, -0.2) is 0 Å². The molecule has 1 aromatic rings. The van der Waals surface area contributed by atoms with Crippen LogP contribution < -0.4 is 5.32 Å². The van der Waals surface area contributed by atoms with Crippen LogP contribution in [0.2, 0.25) is 0 Å². The second-order valence-corrected chi connectivity index (χ2v) is 4.26. The first kappa shape index (κ1) is 9.51. The summed E-state index contributed by atoms with van der Waals surface area (Å²) in [4.78, 5) is 3.00. The van der Waals surface area contributed by atoms with Crippen molar-refractivity contribution < 1.29 is 4.74 Å². The summed E-state index contributed by atoms with van der Waals surface area (Å²) in [7, 11) is 0. The third-order valence-corrected chi connectivity index (χ3v) is 3.42. The number of rotatable bonds is 1. The lowest BCUT2D eigenvalue weighted by atomic mass is 9.87. The Bertz CT molecular complexity index is 495. The molecule has 1 fully saturated rings. The molecule has 2 heterocycles. The number of hydrogen-bond donors (Lipinski definition) is 1. The highest BCUT2D eigenvalue weighted by Gasteiger charge is 2.51. The summed E-state index contributed by atoms with van der Waals surface area (Å²) in [5.41, 5.74) is 11.5. The van der Waals surface area contributed by atoms with E-state index in [-0.39, 0.29) is 6.23 Å². The van der Waals surface area contributed by atoms with E-state index < -0.39 is 5.54 Å².